The Labute approximate surface area is 140 Å². The van der Waals surface area contributed by atoms with Gasteiger partial charge in [0.15, 0.2) is 0 Å². The Kier molecular flexibility index (Phi) is 4.42. The summed E-state index contributed by atoms with van der Waals surface area (Å²) in [5.74, 6) is 0.206. The Morgan fingerprint density at radius 2 is 1.75 bits per heavy atom. The van der Waals surface area contributed by atoms with Crippen LogP contribution in [-0.4, -0.2) is 16.1 Å². The second kappa shape index (κ2) is 6.66. The third kappa shape index (κ3) is 3.68. The van der Waals surface area contributed by atoms with Crippen molar-refractivity contribution in [1.29, 1.82) is 0 Å². The molecule has 1 N–H and O–H groups in total. The molecule has 0 fully saturated rings. The standard InChI is InChI=1S/C19H19N3O2/c1-12-4-7-15(8-5-12)11-17-21-22-19(24-17)20-18(23)16-9-6-13(2)14(3)10-16/h4-10H,11H2,1-3H3,(H,20,22,23). The number of nitrogens with zero attached hydrogens (tertiary/aromatic N) is 2. The molecule has 0 atom stereocenters. The molecule has 3 rings (SSSR count). The molecule has 0 aliphatic carbocycles. The molecule has 0 spiro atoms. The number of benzene rings is 2. The van der Waals surface area contributed by atoms with Crippen LogP contribution in [0.1, 0.15) is 38.5 Å². The van der Waals surface area contributed by atoms with E-state index in [0.717, 1.165) is 16.7 Å². The van der Waals surface area contributed by atoms with Gasteiger partial charge in [-0.2, -0.15) is 0 Å². The van der Waals surface area contributed by atoms with E-state index in [-0.39, 0.29) is 11.9 Å². The molecule has 0 aliphatic rings. The van der Waals surface area contributed by atoms with Gasteiger partial charge < -0.3 is 4.42 Å². The molecule has 5 nitrogen and oxygen atoms in total. The first kappa shape index (κ1) is 15.9. The maximum absolute atomic E-state index is 12.2. The Morgan fingerprint density at radius 1 is 1.00 bits per heavy atom. The monoisotopic (exact) mass is 321 g/mol. The molecular weight excluding hydrogens is 302 g/mol. The van der Waals surface area contributed by atoms with Crippen molar-refractivity contribution in [1.82, 2.24) is 10.2 Å². The Bertz CT molecular complexity index is 867. The number of anilines is 1. The molecule has 0 radical (unpaired) electrons. The SMILES string of the molecule is Cc1ccc(Cc2nnc(NC(=O)c3ccc(C)c(C)c3)o2)cc1. The van der Waals surface area contributed by atoms with Crippen molar-refractivity contribution >= 4 is 11.9 Å². The number of aryl methyl sites for hydroxylation is 3. The average Bonchev–Trinajstić information content (AvgIpc) is 2.99. The minimum absolute atomic E-state index is 0.111. The summed E-state index contributed by atoms with van der Waals surface area (Å²) in [6, 6.07) is 13.8. The van der Waals surface area contributed by atoms with Crippen LogP contribution in [0.25, 0.3) is 0 Å². The van der Waals surface area contributed by atoms with Crippen molar-refractivity contribution in [2.75, 3.05) is 5.32 Å². The third-order valence-corrected chi connectivity index (χ3v) is 3.93. The second-order valence-corrected chi connectivity index (χ2v) is 5.92. The first-order valence-corrected chi connectivity index (χ1v) is 7.78. The van der Waals surface area contributed by atoms with E-state index in [1.165, 1.54) is 5.56 Å². The molecule has 122 valence electrons. The van der Waals surface area contributed by atoms with Gasteiger partial charge in [0.2, 0.25) is 5.89 Å². The summed E-state index contributed by atoms with van der Waals surface area (Å²) in [5, 5.41) is 10.5. The lowest BCUT2D eigenvalue weighted by molar-refractivity contribution is 0.102. The number of amides is 1. The van der Waals surface area contributed by atoms with E-state index < -0.39 is 0 Å². The van der Waals surface area contributed by atoms with Crippen LogP contribution in [0.3, 0.4) is 0 Å². The first-order valence-electron chi connectivity index (χ1n) is 7.78. The van der Waals surface area contributed by atoms with Gasteiger partial charge in [0.05, 0.1) is 6.42 Å². The molecule has 0 saturated carbocycles. The summed E-state index contributed by atoms with van der Waals surface area (Å²) in [6.07, 6.45) is 0.535. The van der Waals surface area contributed by atoms with E-state index in [1.807, 2.05) is 57.2 Å². The van der Waals surface area contributed by atoms with Crippen molar-refractivity contribution in [3.05, 3.63) is 76.2 Å². The summed E-state index contributed by atoms with van der Waals surface area (Å²) in [6.45, 7) is 6.02. The normalized spacial score (nSPS) is 10.6. The van der Waals surface area contributed by atoms with Crippen LogP contribution in [-0.2, 0) is 6.42 Å². The second-order valence-electron chi connectivity index (χ2n) is 5.92. The van der Waals surface area contributed by atoms with Gasteiger partial charge in [-0.3, -0.25) is 10.1 Å². The molecule has 2 aromatic carbocycles. The van der Waals surface area contributed by atoms with Gasteiger partial charge in [-0.25, -0.2) is 0 Å². The highest BCUT2D eigenvalue weighted by Gasteiger charge is 2.12. The predicted octanol–water partition coefficient (Wildman–Crippen LogP) is 3.84. The van der Waals surface area contributed by atoms with Crippen LogP contribution < -0.4 is 5.32 Å². The van der Waals surface area contributed by atoms with Gasteiger partial charge in [-0.15, -0.1) is 5.10 Å². The van der Waals surface area contributed by atoms with Crippen LogP contribution in [0.4, 0.5) is 6.01 Å². The highest BCUT2D eigenvalue weighted by atomic mass is 16.4. The quantitative estimate of drug-likeness (QED) is 0.793. The molecule has 5 heteroatoms. The van der Waals surface area contributed by atoms with E-state index in [2.05, 4.69) is 15.5 Å². The summed E-state index contributed by atoms with van der Waals surface area (Å²) in [5.41, 5.74) is 5.05. The largest absolute Gasteiger partial charge is 0.407 e. The number of carbonyl (C=O) groups excluding carboxylic acids is 1. The molecule has 0 unspecified atom stereocenters. The summed E-state index contributed by atoms with van der Waals surface area (Å²) in [4.78, 5) is 12.2. The van der Waals surface area contributed by atoms with Gasteiger partial charge in [-0.05, 0) is 49.6 Å². The van der Waals surface area contributed by atoms with Crippen molar-refractivity contribution in [3.63, 3.8) is 0 Å². The number of carbonyl (C=O) groups is 1. The lowest BCUT2D eigenvalue weighted by Crippen LogP contribution is -2.12. The van der Waals surface area contributed by atoms with Gasteiger partial charge in [0, 0.05) is 5.56 Å². The molecule has 24 heavy (non-hydrogen) atoms. The Balaban J connectivity index is 1.68. The fourth-order valence-electron chi connectivity index (χ4n) is 2.31. The summed E-state index contributed by atoms with van der Waals surface area (Å²) < 4.78 is 5.51. The third-order valence-electron chi connectivity index (χ3n) is 3.93. The van der Waals surface area contributed by atoms with Crippen LogP contribution in [0.15, 0.2) is 46.9 Å². The lowest BCUT2D eigenvalue weighted by Gasteiger charge is -2.04. The zero-order valence-electron chi connectivity index (χ0n) is 14.0. The van der Waals surface area contributed by atoms with Crippen molar-refractivity contribution in [2.24, 2.45) is 0 Å². The minimum Gasteiger partial charge on any atom is -0.407 e. The molecule has 0 aliphatic heterocycles. The van der Waals surface area contributed by atoms with Gasteiger partial charge in [-0.1, -0.05) is 41.0 Å². The first-order chi connectivity index (χ1) is 11.5. The molecule has 1 aromatic heterocycles. The summed E-state index contributed by atoms with van der Waals surface area (Å²) in [7, 11) is 0. The van der Waals surface area contributed by atoms with E-state index in [4.69, 9.17) is 4.42 Å². The lowest BCUT2D eigenvalue weighted by atomic mass is 10.1. The average molecular weight is 321 g/mol. The zero-order valence-corrected chi connectivity index (χ0v) is 14.0. The predicted molar refractivity (Wildman–Crippen MR) is 92.2 cm³/mol. The zero-order chi connectivity index (χ0) is 17.1. The number of aromatic nitrogens is 2. The minimum atomic E-state index is -0.261. The van der Waals surface area contributed by atoms with Crippen LogP contribution in [0, 0.1) is 20.8 Å². The van der Waals surface area contributed by atoms with Crippen LogP contribution in [0.2, 0.25) is 0 Å². The van der Waals surface area contributed by atoms with Crippen molar-refractivity contribution in [2.45, 2.75) is 27.2 Å². The highest BCUT2D eigenvalue weighted by Crippen LogP contribution is 2.14. The molecule has 0 bridgehead atoms. The van der Waals surface area contributed by atoms with Crippen molar-refractivity contribution < 1.29 is 9.21 Å². The maximum Gasteiger partial charge on any atom is 0.322 e. The fourth-order valence-corrected chi connectivity index (χ4v) is 2.31. The molecular formula is C19H19N3O2. The van der Waals surface area contributed by atoms with Crippen LogP contribution >= 0.6 is 0 Å². The Hall–Kier alpha value is -2.95. The highest BCUT2D eigenvalue weighted by molar-refractivity contribution is 6.03. The van der Waals surface area contributed by atoms with Gasteiger partial charge in [0.25, 0.3) is 5.91 Å². The van der Waals surface area contributed by atoms with Crippen molar-refractivity contribution in [3.8, 4) is 0 Å². The Morgan fingerprint density at radius 3 is 2.46 bits per heavy atom. The topological polar surface area (TPSA) is 68.0 Å². The van der Waals surface area contributed by atoms with Gasteiger partial charge in [0.1, 0.15) is 0 Å². The number of hydrogen-bond donors (Lipinski definition) is 1. The molecule has 1 amide bonds. The number of nitrogens with one attached hydrogen (secondary N) is 1. The molecule has 3 aromatic rings. The molecule has 0 saturated heterocycles. The maximum atomic E-state index is 12.2. The van der Waals surface area contributed by atoms with Gasteiger partial charge >= 0.3 is 6.01 Å². The van der Waals surface area contributed by atoms with Crippen LogP contribution in [0.5, 0.6) is 0 Å². The van der Waals surface area contributed by atoms with E-state index in [0.29, 0.717) is 17.9 Å². The van der Waals surface area contributed by atoms with E-state index in [1.54, 1.807) is 6.07 Å². The van der Waals surface area contributed by atoms with E-state index >= 15 is 0 Å². The summed E-state index contributed by atoms with van der Waals surface area (Å²) >= 11 is 0. The number of rotatable bonds is 4. The van der Waals surface area contributed by atoms with E-state index in [9.17, 15) is 4.79 Å². The molecule has 1 heterocycles. The number of hydrogen-bond acceptors (Lipinski definition) is 4. The smallest absolute Gasteiger partial charge is 0.322 e. The fraction of sp³-hybridized carbons (Fsp3) is 0.211.